The van der Waals surface area contributed by atoms with Crippen molar-refractivity contribution in [2.45, 2.75) is 32.0 Å². The van der Waals surface area contributed by atoms with Gasteiger partial charge in [-0.1, -0.05) is 0 Å². The average Bonchev–Trinajstić information content (AvgIpc) is 3.03. The van der Waals surface area contributed by atoms with Crippen molar-refractivity contribution in [3.63, 3.8) is 0 Å². The van der Waals surface area contributed by atoms with E-state index in [4.69, 9.17) is 4.74 Å². The quantitative estimate of drug-likeness (QED) is 0.813. The Bertz CT molecular complexity index is 630. The normalized spacial score (nSPS) is 22.0. The second-order valence-corrected chi connectivity index (χ2v) is 6.62. The van der Waals surface area contributed by atoms with Gasteiger partial charge in [0.2, 0.25) is 0 Å². The molecule has 1 saturated carbocycles. The first-order chi connectivity index (χ1) is 10.8. The summed E-state index contributed by atoms with van der Waals surface area (Å²) >= 11 is 0. The molecule has 0 aromatic carbocycles. The lowest BCUT2D eigenvalue weighted by molar-refractivity contribution is 0.0623. The van der Waals surface area contributed by atoms with E-state index in [1.165, 1.54) is 24.1 Å². The molecule has 22 heavy (non-hydrogen) atoms. The maximum atomic E-state index is 5.93. The highest BCUT2D eigenvalue weighted by molar-refractivity contribution is 5.08. The fourth-order valence-electron chi connectivity index (χ4n) is 3.18. The molecule has 0 spiro atoms. The third-order valence-corrected chi connectivity index (χ3v) is 4.52. The van der Waals surface area contributed by atoms with Gasteiger partial charge in [0.05, 0.1) is 30.9 Å². The minimum atomic E-state index is 0.363. The zero-order valence-electron chi connectivity index (χ0n) is 13.1. The fourth-order valence-corrected chi connectivity index (χ4v) is 3.18. The van der Waals surface area contributed by atoms with Crippen LogP contribution in [0.2, 0.25) is 0 Å². The van der Waals surface area contributed by atoms with E-state index in [0.717, 1.165) is 38.8 Å². The molecule has 0 bridgehead atoms. The van der Waals surface area contributed by atoms with E-state index < -0.39 is 0 Å². The molecule has 0 unspecified atom stereocenters. The van der Waals surface area contributed by atoms with Crippen molar-refractivity contribution in [1.29, 1.82) is 0 Å². The highest BCUT2D eigenvalue weighted by Crippen LogP contribution is 2.29. The summed E-state index contributed by atoms with van der Waals surface area (Å²) < 4.78 is 10.1. The van der Waals surface area contributed by atoms with E-state index in [9.17, 15) is 0 Å². The smallest absolute Gasteiger partial charge is 0.0952 e. The van der Waals surface area contributed by atoms with Crippen LogP contribution in [-0.2, 0) is 24.9 Å². The van der Waals surface area contributed by atoms with Gasteiger partial charge in [0.1, 0.15) is 0 Å². The lowest BCUT2D eigenvalue weighted by atomic mass is 10.2. The maximum Gasteiger partial charge on any atom is 0.0952 e. The Morgan fingerprint density at radius 1 is 1.27 bits per heavy atom. The van der Waals surface area contributed by atoms with Crippen LogP contribution in [0.4, 0.5) is 0 Å². The minimum Gasteiger partial charge on any atom is -0.379 e. The van der Waals surface area contributed by atoms with E-state index in [0.29, 0.717) is 6.04 Å². The zero-order chi connectivity index (χ0) is 14.9. The number of ether oxygens (including phenoxy) is 1. The first kappa shape index (κ1) is 14.0. The summed E-state index contributed by atoms with van der Waals surface area (Å²) in [6.45, 7) is 4.57. The van der Waals surface area contributed by atoms with E-state index in [1.54, 1.807) is 0 Å². The molecular weight excluding hydrogens is 278 g/mol. The SMILES string of the molecule is Cn1cc(CN2Cc3cncn3[C@@H](COCC3CC3)C2)cn1. The van der Waals surface area contributed by atoms with E-state index in [1.807, 2.05) is 30.5 Å². The fraction of sp³-hybridized carbons (Fsp3) is 0.625. The van der Waals surface area contributed by atoms with Gasteiger partial charge in [0.15, 0.2) is 0 Å². The Labute approximate surface area is 130 Å². The highest BCUT2D eigenvalue weighted by Gasteiger charge is 2.27. The lowest BCUT2D eigenvalue weighted by Gasteiger charge is -2.34. The molecule has 0 saturated heterocycles. The Balaban J connectivity index is 1.41. The van der Waals surface area contributed by atoms with E-state index >= 15 is 0 Å². The molecule has 2 aromatic heterocycles. The molecule has 6 heteroatoms. The molecule has 6 nitrogen and oxygen atoms in total. The number of aryl methyl sites for hydroxylation is 1. The number of aromatic nitrogens is 4. The summed E-state index contributed by atoms with van der Waals surface area (Å²) in [4.78, 5) is 6.78. The number of hydrogen-bond donors (Lipinski definition) is 0. The Kier molecular flexibility index (Phi) is 3.72. The Morgan fingerprint density at radius 3 is 2.95 bits per heavy atom. The van der Waals surface area contributed by atoms with E-state index in [2.05, 4.69) is 25.7 Å². The predicted molar refractivity (Wildman–Crippen MR) is 82.1 cm³/mol. The van der Waals surface area contributed by atoms with Gasteiger partial charge in [-0.15, -0.1) is 0 Å². The molecule has 1 atom stereocenters. The van der Waals surface area contributed by atoms with Crippen LogP contribution in [0.1, 0.15) is 30.1 Å². The van der Waals surface area contributed by atoms with Gasteiger partial charge in [-0.05, 0) is 18.8 Å². The van der Waals surface area contributed by atoms with Crippen molar-refractivity contribution < 1.29 is 4.74 Å². The van der Waals surface area contributed by atoms with Crippen molar-refractivity contribution in [3.05, 3.63) is 36.2 Å². The van der Waals surface area contributed by atoms with Crippen molar-refractivity contribution in [2.24, 2.45) is 13.0 Å². The maximum absolute atomic E-state index is 5.93. The standard InChI is InChI=1S/C16H23N5O/c1-19-6-14(4-18-19)7-20-8-15-5-17-12-21(15)16(9-20)11-22-10-13-2-3-13/h4-6,12-13,16H,2-3,7-11H2,1H3/t16-/m1/s1. The molecule has 2 aliphatic rings. The number of nitrogens with zero attached hydrogens (tertiary/aromatic N) is 5. The van der Waals surface area contributed by atoms with Crippen LogP contribution in [0.3, 0.4) is 0 Å². The second-order valence-electron chi connectivity index (χ2n) is 6.62. The van der Waals surface area contributed by atoms with Crippen molar-refractivity contribution in [1.82, 2.24) is 24.2 Å². The van der Waals surface area contributed by atoms with Crippen LogP contribution in [-0.4, -0.2) is 44.0 Å². The first-order valence-corrected chi connectivity index (χ1v) is 8.06. The van der Waals surface area contributed by atoms with Crippen LogP contribution in [0.25, 0.3) is 0 Å². The van der Waals surface area contributed by atoms with Gasteiger partial charge in [-0.25, -0.2) is 4.98 Å². The third kappa shape index (κ3) is 3.08. The van der Waals surface area contributed by atoms with E-state index in [-0.39, 0.29) is 0 Å². The minimum absolute atomic E-state index is 0.363. The molecule has 0 N–H and O–H groups in total. The summed E-state index contributed by atoms with van der Waals surface area (Å²) in [6, 6.07) is 0.363. The molecule has 1 aliphatic heterocycles. The predicted octanol–water partition coefficient (Wildman–Crippen LogP) is 1.60. The highest BCUT2D eigenvalue weighted by atomic mass is 16.5. The van der Waals surface area contributed by atoms with Crippen LogP contribution >= 0.6 is 0 Å². The number of fused-ring (bicyclic) bond motifs is 1. The van der Waals surface area contributed by atoms with Crippen LogP contribution < -0.4 is 0 Å². The molecule has 4 rings (SSSR count). The molecule has 118 valence electrons. The number of hydrogen-bond acceptors (Lipinski definition) is 4. The summed E-state index contributed by atoms with van der Waals surface area (Å²) in [5.41, 5.74) is 2.53. The molecule has 0 radical (unpaired) electrons. The van der Waals surface area contributed by atoms with Gasteiger partial charge in [0, 0.05) is 51.2 Å². The monoisotopic (exact) mass is 301 g/mol. The summed E-state index contributed by atoms with van der Waals surface area (Å²) in [5, 5.41) is 4.26. The summed E-state index contributed by atoms with van der Waals surface area (Å²) in [6.07, 6.45) is 10.6. The molecule has 2 aromatic rings. The van der Waals surface area contributed by atoms with Crippen LogP contribution in [0, 0.1) is 5.92 Å². The average molecular weight is 301 g/mol. The molecule has 1 fully saturated rings. The molecule has 0 amide bonds. The molecule has 1 aliphatic carbocycles. The van der Waals surface area contributed by atoms with Gasteiger partial charge >= 0.3 is 0 Å². The lowest BCUT2D eigenvalue weighted by Crippen LogP contribution is -2.38. The zero-order valence-corrected chi connectivity index (χ0v) is 13.1. The van der Waals surface area contributed by atoms with Crippen molar-refractivity contribution in [2.75, 3.05) is 19.8 Å². The van der Waals surface area contributed by atoms with Gasteiger partial charge in [0.25, 0.3) is 0 Å². The van der Waals surface area contributed by atoms with Crippen LogP contribution in [0.5, 0.6) is 0 Å². The second kappa shape index (κ2) is 5.85. The Morgan fingerprint density at radius 2 is 2.18 bits per heavy atom. The molecular formula is C16H23N5O. The van der Waals surface area contributed by atoms with Gasteiger partial charge < -0.3 is 9.30 Å². The third-order valence-electron chi connectivity index (χ3n) is 4.52. The van der Waals surface area contributed by atoms with Crippen LogP contribution in [0.15, 0.2) is 24.9 Å². The number of rotatable bonds is 6. The topological polar surface area (TPSA) is 48.1 Å². The van der Waals surface area contributed by atoms with Gasteiger partial charge in [-0.3, -0.25) is 9.58 Å². The summed E-state index contributed by atoms with van der Waals surface area (Å²) in [7, 11) is 1.96. The summed E-state index contributed by atoms with van der Waals surface area (Å²) in [5.74, 6) is 0.817. The van der Waals surface area contributed by atoms with Crippen molar-refractivity contribution >= 4 is 0 Å². The largest absolute Gasteiger partial charge is 0.379 e. The Hall–Kier alpha value is -1.66. The molecule has 3 heterocycles. The number of imidazole rings is 1. The van der Waals surface area contributed by atoms with Gasteiger partial charge in [-0.2, -0.15) is 5.10 Å². The van der Waals surface area contributed by atoms with Crippen molar-refractivity contribution in [3.8, 4) is 0 Å². The first-order valence-electron chi connectivity index (χ1n) is 8.06.